The minimum absolute atomic E-state index is 0.0439. The van der Waals surface area contributed by atoms with Gasteiger partial charge >= 0.3 is 5.97 Å². The van der Waals surface area contributed by atoms with E-state index in [2.05, 4.69) is 15.0 Å². The average Bonchev–Trinajstić information content (AvgIpc) is 3.40. The molecule has 2 aromatic heterocycles. The summed E-state index contributed by atoms with van der Waals surface area (Å²) in [6.45, 7) is 1.99. The maximum atomic E-state index is 13.7. The van der Waals surface area contributed by atoms with Gasteiger partial charge in [0.2, 0.25) is 10.0 Å². The van der Waals surface area contributed by atoms with Gasteiger partial charge in [0, 0.05) is 23.0 Å². The highest BCUT2D eigenvalue weighted by Crippen LogP contribution is 2.33. The average molecular weight is 496 g/mol. The number of ether oxygens (including phenoxy) is 1. The van der Waals surface area contributed by atoms with Crippen LogP contribution in [0.25, 0.3) is 10.9 Å². The van der Waals surface area contributed by atoms with E-state index in [0.717, 1.165) is 5.56 Å². The van der Waals surface area contributed by atoms with Crippen LogP contribution in [0, 0.1) is 0 Å². The van der Waals surface area contributed by atoms with Crippen LogP contribution in [0.4, 0.5) is 0 Å². The molecule has 0 aliphatic rings. The lowest BCUT2D eigenvalue weighted by molar-refractivity contribution is -0.149. The second-order valence-electron chi connectivity index (χ2n) is 7.93. The minimum Gasteiger partial charge on any atom is -0.468 e. The minimum atomic E-state index is -4.07. The number of carbonyl (C=O) groups excluding carboxylic acids is 1. The van der Waals surface area contributed by atoms with Crippen molar-refractivity contribution in [2.75, 3.05) is 7.11 Å². The number of sulfonamides is 1. The van der Waals surface area contributed by atoms with Crippen LogP contribution < -0.4 is 10.0 Å². The Morgan fingerprint density at radius 2 is 1.82 bits per heavy atom. The first-order chi connectivity index (χ1) is 16.3. The van der Waals surface area contributed by atoms with E-state index < -0.39 is 27.6 Å². The maximum Gasteiger partial charge on any atom is 0.327 e. The van der Waals surface area contributed by atoms with E-state index in [1.807, 2.05) is 41.8 Å². The van der Waals surface area contributed by atoms with Crippen LogP contribution >= 0.6 is 11.3 Å². The molecule has 0 amide bonds. The van der Waals surface area contributed by atoms with E-state index in [-0.39, 0.29) is 4.90 Å². The molecule has 2 atom stereocenters. The Morgan fingerprint density at radius 3 is 2.53 bits per heavy atom. The number of hydrogen-bond donors (Lipinski definition) is 2. The van der Waals surface area contributed by atoms with Gasteiger partial charge in [0.15, 0.2) is 0 Å². The lowest BCUT2D eigenvalue weighted by atomic mass is 9.91. The van der Waals surface area contributed by atoms with Gasteiger partial charge in [-0.05, 0) is 36.1 Å². The Kier molecular flexibility index (Phi) is 7.08. The number of pyridine rings is 1. The topological polar surface area (TPSA) is 97.4 Å². The van der Waals surface area contributed by atoms with Crippen molar-refractivity contribution in [3.63, 3.8) is 0 Å². The van der Waals surface area contributed by atoms with E-state index in [4.69, 9.17) is 4.74 Å². The van der Waals surface area contributed by atoms with Crippen molar-refractivity contribution < 1.29 is 17.9 Å². The highest BCUT2D eigenvalue weighted by Gasteiger charge is 2.46. The molecule has 176 valence electrons. The molecule has 34 heavy (non-hydrogen) atoms. The van der Waals surface area contributed by atoms with Crippen molar-refractivity contribution in [3.05, 3.63) is 94.8 Å². The number of para-hydroxylation sites is 1. The third kappa shape index (κ3) is 4.88. The summed E-state index contributed by atoms with van der Waals surface area (Å²) < 4.78 is 35.2. The van der Waals surface area contributed by atoms with Crippen LogP contribution in [0.3, 0.4) is 0 Å². The number of nitrogens with zero attached hydrogens (tertiary/aromatic N) is 1. The van der Waals surface area contributed by atoms with Gasteiger partial charge in [-0.25, -0.2) is 17.9 Å². The molecule has 0 saturated heterocycles. The summed E-state index contributed by atoms with van der Waals surface area (Å²) >= 11 is 1.36. The van der Waals surface area contributed by atoms with Crippen LogP contribution in [-0.2, 0) is 26.1 Å². The molecule has 0 radical (unpaired) electrons. The highest BCUT2D eigenvalue weighted by molar-refractivity contribution is 7.89. The Morgan fingerprint density at radius 1 is 1.06 bits per heavy atom. The number of rotatable bonds is 9. The van der Waals surface area contributed by atoms with Gasteiger partial charge in [0.25, 0.3) is 0 Å². The Bertz CT molecular complexity index is 1370. The van der Waals surface area contributed by atoms with Crippen molar-refractivity contribution >= 4 is 38.2 Å². The summed E-state index contributed by atoms with van der Waals surface area (Å²) in [7, 11) is -2.78. The van der Waals surface area contributed by atoms with E-state index in [0.29, 0.717) is 22.3 Å². The van der Waals surface area contributed by atoms with Gasteiger partial charge in [0.1, 0.15) is 10.4 Å². The summed E-state index contributed by atoms with van der Waals surface area (Å²) in [5.74, 6) is -0.583. The van der Waals surface area contributed by atoms with Crippen molar-refractivity contribution in [1.82, 2.24) is 15.0 Å². The second-order valence-corrected chi connectivity index (χ2v) is 10.6. The molecular weight excluding hydrogens is 470 g/mol. The van der Waals surface area contributed by atoms with Crippen molar-refractivity contribution in [2.24, 2.45) is 0 Å². The second kappa shape index (κ2) is 10.0. The zero-order valence-corrected chi connectivity index (χ0v) is 20.4. The standard InChI is InChI=1S/C25H25N3O4S2/c1-25(24(29)32-2,27-17-18-9-4-3-5-10-18)23(20-13-8-16-33-20)28-34(30,31)21-14-6-11-19-12-7-15-26-22(19)21/h3-16,23,27-28H,17H2,1-2H3/t23-,25-/m0/s1. The van der Waals surface area contributed by atoms with Crippen molar-refractivity contribution in [3.8, 4) is 0 Å². The number of esters is 1. The van der Waals surface area contributed by atoms with Crippen molar-refractivity contribution in [1.29, 1.82) is 0 Å². The Labute approximate surface area is 202 Å². The summed E-state index contributed by atoms with van der Waals surface area (Å²) in [6.07, 6.45) is 1.55. The van der Waals surface area contributed by atoms with Crippen molar-refractivity contribution in [2.45, 2.75) is 29.9 Å². The number of carbonyl (C=O) groups is 1. The maximum absolute atomic E-state index is 13.7. The lowest BCUT2D eigenvalue weighted by Crippen LogP contribution is -2.58. The quantitative estimate of drug-likeness (QED) is 0.340. The number of hydrogen-bond acceptors (Lipinski definition) is 7. The molecule has 0 bridgehead atoms. The molecule has 4 rings (SSSR count). The van der Waals surface area contributed by atoms with E-state index in [9.17, 15) is 13.2 Å². The van der Waals surface area contributed by atoms with Gasteiger partial charge in [-0.3, -0.25) is 10.3 Å². The molecule has 0 aliphatic carbocycles. The molecule has 0 saturated carbocycles. The fourth-order valence-electron chi connectivity index (χ4n) is 3.81. The smallest absolute Gasteiger partial charge is 0.327 e. The van der Waals surface area contributed by atoms with E-state index >= 15 is 0 Å². The molecule has 4 aromatic rings. The molecule has 9 heteroatoms. The van der Waals surface area contributed by atoms with Gasteiger partial charge in [0.05, 0.1) is 18.7 Å². The fraction of sp³-hybridized carbons (Fsp3) is 0.200. The predicted molar refractivity (Wildman–Crippen MR) is 133 cm³/mol. The number of thiophene rings is 1. The van der Waals surface area contributed by atoms with E-state index in [1.54, 1.807) is 43.5 Å². The molecule has 7 nitrogen and oxygen atoms in total. The first-order valence-electron chi connectivity index (χ1n) is 10.6. The molecule has 2 aromatic carbocycles. The van der Waals surface area contributed by atoms with Gasteiger partial charge < -0.3 is 4.74 Å². The van der Waals surface area contributed by atoms with E-state index in [1.165, 1.54) is 24.5 Å². The summed E-state index contributed by atoms with van der Waals surface area (Å²) in [5, 5.41) is 5.80. The largest absolute Gasteiger partial charge is 0.468 e. The molecular formula is C25H25N3O4S2. The number of benzene rings is 2. The fourth-order valence-corrected chi connectivity index (χ4v) is 6.27. The van der Waals surface area contributed by atoms with Gasteiger partial charge in [-0.1, -0.05) is 54.6 Å². The zero-order valence-electron chi connectivity index (χ0n) is 18.8. The highest BCUT2D eigenvalue weighted by atomic mass is 32.2. The van der Waals surface area contributed by atoms with Gasteiger partial charge in [-0.15, -0.1) is 11.3 Å². The Hall–Kier alpha value is -3.11. The first-order valence-corrected chi connectivity index (χ1v) is 13.0. The molecule has 0 aliphatic heterocycles. The molecule has 0 spiro atoms. The lowest BCUT2D eigenvalue weighted by Gasteiger charge is -2.36. The third-order valence-corrected chi connectivity index (χ3v) is 8.07. The monoisotopic (exact) mass is 495 g/mol. The van der Waals surface area contributed by atoms with Crippen LogP contribution in [0.5, 0.6) is 0 Å². The van der Waals surface area contributed by atoms with Gasteiger partial charge in [-0.2, -0.15) is 0 Å². The van der Waals surface area contributed by atoms with Crippen LogP contribution in [0.2, 0.25) is 0 Å². The first kappa shape index (κ1) is 24.0. The summed E-state index contributed by atoms with van der Waals surface area (Å²) in [4.78, 5) is 18.1. The van der Waals surface area contributed by atoms with Crippen LogP contribution in [0.1, 0.15) is 23.4 Å². The summed E-state index contributed by atoms with van der Waals surface area (Å²) in [5.41, 5.74) is -0.0938. The number of fused-ring (bicyclic) bond motifs is 1. The number of nitrogens with one attached hydrogen (secondary N) is 2. The molecule has 0 fully saturated rings. The number of aromatic nitrogens is 1. The number of methoxy groups -OCH3 is 1. The molecule has 2 N–H and O–H groups in total. The van der Waals surface area contributed by atoms with Crippen LogP contribution in [-0.4, -0.2) is 32.0 Å². The van der Waals surface area contributed by atoms with Crippen LogP contribution in [0.15, 0.2) is 89.3 Å². The Balaban J connectivity index is 1.76. The SMILES string of the molecule is COC(=O)[C@@](C)(NCc1ccccc1)[C@@H](NS(=O)(=O)c1cccc2cccnc12)c1cccs1. The molecule has 2 heterocycles. The summed E-state index contributed by atoms with van der Waals surface area (Å²) in [6, 6.07) is 20.8. The third-order valence-electron chi connectivity index (χ3n) is 5.68. The predicted octanol–water partition coefficient (Wildman–Crippen LogP) is 4.04. The normalized spacial score (nSPS) is 14.4. The molecule has 0 unspecified atom stereocenters. The zero-order chi connectivity index (χ0) is 24.2.